The van der Waals surface area contributed by atoms with E-state index >= 15 is 0 Å². The molecule has 0 radical (unpaired) electrons. The third-order valence-electron chi connectivity index (χ3n) is 3.02. The van der Waals surface area contributed by atoms with Crippen LogP contribution in [0.25, 0.3) is 11.0 Å². The molecule has 1 heterocycles. The predicted molar refractivity (Wildman–Crippen MR) is 56.1 cm³/mol. The van der Waals surface area contributed by atoms with Crippen LogP contribution in [0.1, 0.15) is 17.5 Å². The van der Waals surface area contributed by atoms with E-state index in [1.807, 2.05) is 0 Å². The second kappa shape index (κ2) is 2.94. The van der Waals surface area contributed by atoms with E-state index in [9.17, 15) is 10.4 Å². The summed E-state index contributed by atoms with van der Waals surface area (Å²) in [5, 5.41) is 26.6. The maximum atomic E-state index is 11.7. The minimum absolute atomic E-state index is 0.282. The quantitative estimate of drug-likeness (QED) is 0.479. The summed E-state index contributed by atoms with van der Waals surface area (Å²) in [7, 11) is 0. The number of aryl methyl sites for hydroxylation is 2. The first kappa shape index (κ1) is 9.14. The molecule has 1 aliphatic rings. The zero-order valence-electron chi connectivity index (χ0n) is 8.51. The Balaban J connectivity index is 2.43. The average molecular weight is 218 g/mol. The highest BCUT2D eigenvalue weighted by Crippen LogP contribution is 2.24. The van der Waals surface area contributed by atoms with Crippen molar-refractivity contribution in [3.63, 3.8) is 0 Å². The number of benzene rings is 1. The molecule has 0 atom stereocenters. The fourth-order valence-corrected chi connectivity index (χ4v) is 2.22. The molecule has 82 valence electrons. The van der Waals surface area contributed by atoms with Gasteiger partial charge in [-0.25, -0.2) is 4.73 Å². The number of rotatable bonds is 0. The molecule has 0 fully saturated rings. The van der Waals surface area contributed by atoms with Gasteiger partial charge in [-0.2, -0.15) is 0 Å². The number of aromatic nitrogens is 3. The van der Waals surface area contributed by atoms with Gasteiger partial charge in [0.15, 0.2) is 5.52 Å². The van der Waals surface area contributed by atoms with Crippen molar-refractivity contribution in [2.24, 2.45) is 0 Å². The lowest BCUT2D eigenvalue weighted by atomic mass is 10.1. The first-order valence-corrected chi connectivity index (χ1v) is 5.11. The number of hydrogen-bond donors (Lipinski definition) is 1. The molecule has 1 aromatic heterocycles. The second-order valence-corrected chi connectivity index (χ2v) is 3.99. The Hall–Kier alpha value is -2.11. The molecule has 0 amide bonds. The molecule has 0 spiro atoms. The van der Waals surface area contributed by atoms with Gasteiger partial charge in [-0.15, -0.1) is 0 Å². The average Bonchev–Trinajstić information content (AvgIpc) is 2.71. The van der Waals surface area contributed by atoms with Crippen molar-refractivity contribution in [2.75, 3.05) is 5.73 Å². The lowest BCUT2D eigenvalue weighted by Gasteiger charge is -2.08. The van der Waals surface area contributed by atoms with Crippen LogP contribution in [-0.2, 0) is 12.8 Å². The van der Waals surface area contributed by atoms with Gasteiger partial charge in [-0.3, -0.25) is 5.73 Å². The molecular formula is C10H10N4O2. The van der Waals surface area contributed by atoms with Crippen molar-refractivity contribution >= 4 is 17.0 Å². The van der Waals surface area contributed by atoms with E-state index < -0.39 is 0 Å². The molecule has 2 N–H and O–H groups in total. The van der Waals surface area contributed by atoms with Crippen LogP contribution in [0.5, 0.6) is 0 Å². The number of nitrogens with zero attached hydrogens (tertiary/aromatic N) is 3. The summed E-state index contributed by atoms with van der Waals surface area (Å²) < 4.78 is 0.502. The third kappa shape index (κ3) is 1.09. The maximum Gasteiger partial charge on any atom is 0.458 e. The summed E-state index contributed by atoms with van der Waals surface area (Å²) in [6.45, 7) is 0. The van der Waals surface area contributed by atoms with Gasteiger partial charge in [0, 0.05) is 10.9 Å². The highest BCUT2D eigenvalue weighted by Gasteiger charge is 2.21. The Bertz CT molecular complexity index is 597. The van der Waals surface area contributed by atoms with E-state index in [0.29, 0.717) is 15.1 Å². The van der Waals surface area contributed by atoms with Crippen molar-refractivity contribution in [1.29, 1.82) is 0 Å². The van der Waals surface area contributed by atoms with Crippen molar-refractivity contribution < 1.29 is 9.58 Å². The lowest BCUT2D eigenvalue weighted by Crippen LogP contribution is -2.44. The van der Waals surface area contributed by atoms with Gasteiger partial charge in [0.1, 0.15) is 0 Å². The molecule has 0 aliphatic heterocycles. The smallest absolute Gasteiger partial charge is 0.458 e. The van der Waals surface area contributed by atoms with Gasteiger partial charge in [0.2, 0.25) is 5.10 Å². The van der Waals surface area contributed by atoms with Crippen molar-refractivity contribution in [1.82, 2.24) is 5.10 Å². The summed E-state index contributed by atoms with van der Waals surface area (Å²) in [6, 6.07) is 3.49. The summed E-state index contributed by atoms with van der Waals surface area (Å²) in [5.41, 5.74) is 8.18. The van der Waals surface area contributed by atoms with Gasteiger partial charge in [-0.1, -0.05) is 0 Å². The number of nitrogens with two attached hydrogens (primary N) is 1. The highest BCUT2D eigenvalue weighted by molar-refractivity contribution is 5.71. The Morgan fingerprint density at radius 1 is 1.12 bits per heavy atom. The van der Waals surface area contributed by atoms with Crippen molar-refractivity contribution in [2.45, 2.75) is 19.3 Å². The van der Waals surface area contributed by atoms with Crippen LogP contribution in [0.3, 0.4) is 0 Å². The number of hydrogen-bond acceptors (Lipinski definition) is 4. The fraction of sp³-hybridized carbons (Fsp3) is 0.300. The standard InChI is InChI=1S/C10H10N4O2/c11-10-12-14(16)9-5-7-3-1-2-6(7)4-8(9)13(10)15/h4-5H,1-3H2,(H2,11,12). The zero-order chi connectivity index (χ0) is 11.3. The third-order valence-corrected chi connectivity index (χ3v) is 3.02. The summed E-state index contributed by atoms with van der Waals surface area (Å²) in [6.07, 6.45) is 2.97. The molecule has 6 nitrogen and oxygen atoms in total. The molecule has 3 rings (SSSR count). The lowest BCUT2D eigenvalue weighted by molar-refractivity contribution is -0.672. The minimum Gasteiger partial charge on any atom is -0.739 e. The summed E-state index contributed by atoms with van der Waals surface area (Å²) in [4.78, 5) is 0.414. The van der Waals surface area contributed by atoms with Crippen molar-refractivity contribution in [3.05, 3.63) is 33.7 Å². The highest BCUT2D eigenvalue weighted by atomic mass is 16.5. The molecule has 6 heteroatoms. The molecule has 1 aromatic carbocycles. The predicted octanol–water partition coefficient (Wildman–Crippen LogP) is -0.428. The van der Waals surface area contributed by atoms with Crippen LogP contribution >= 0.6 is 0 Å². The summed E-state index contributed by atoms with van der Waals surface area (Å²) >= 11 is 0. The first-order chi connectivity index (χ1) is 7.66. The number of nitrogen functional groups attached to an aromatic ring is 1. The number of fused-ring (bicyclic) bond motifs is 2. The molecule has 16 heavy (non-hydrogen) atoms. The molecule has 0 saturated heterocycles. The Labute approximate surface area is 91.1 Å². The summed E-state index contributed by atoms with van der Waals surface area (Å²) in [5.74, 6) is -0.319. The largest absolute Gasteiger partial charge is 0.739 e. The second-order valence-electron chi connectivity index (χ2n) is 3.99. The fourth-order valence-electron chi connectivity index (χ4n) is 2.22. The van der Waals surface area contributed by atoms with E-state index in [4.69, 9.17) is 5.73 Å². The van der Waals surface area contributed by atoms with E-state index in [-0.39, 0.29) is 11.5 Å². The SMILES string of the molecule is Nc1n[n+]([O-])c2cc3c(cc2[n+]1[O-])CCC3. The van der Waals surface area contributed by atoms with E-state index in [2.05, 4.69) is 5.10 Å². The minimum atomic E-state index is -0.319. The Morgan fingerprint density at radius 2 is 1.75 bits per heavy atom. The van der Waals surface area contributed by atoms with Crippen molar-refractivity contribution in [3.8, 4) is 0 Å². The van der Waals surface area contributed by atoms with Gasteiger partial charge < -0.3 is 10.4 Å². The topological polar surface area (TPSA) is 92.8 Å². The molecule has 2 aromatic rings. The molecular weight excluding hydrogens is 208 g/mol. The normalized spacial score (nSPS) is 14.2. The van der Waals surface area contributed by atoms with Crippen LogP contribution < -0.4 is 15.3 Å². The first-order valence-electron chi connectivity index (χ1n) is 5.11. The van der Waals surface area contributed by atoms with E-state index in [1.54, 1.807) is 12.1 Å². The van der Waals surface area contributed by atoms with Gasteiger partial charge >= 0.3 is 5.95 Å². The van der Waals surface area contributed by atoms with E-state index in [0.717, 1.165) is 30.4 Å². The molecule has 0 saturated carbocycles. The van der Waals surface area contributed by atoms with Gasteiger partial charge in [0.25, 0.3) is 5.52 Å². The van der Waals surface area contributed by atoms with E-state index in [1.165, 1.54) is 0 Å². The maximum absolute atomic E-state index is 11.7. The monoisotopic (exact) mass is 218 g/mol. The van der Waals surface area contributed by atoms with Gasteiger partial charge in [-0.05, 0) is 36.5 Å². The zero-order valence-corrected chi connectivity index (χ0v) is 8.51. The number of anilines is 1. The molecule has 0 bridgehead atoms. The van der Waals surface area contributed by atoms with Crippen LogP contribution in [0.15, 0.2) is 12.1 Å². The van der Waals surface area contributed by atoms with Crippen LogP contribution in [0, 0.1) is 10.4 Å². The van der Waals surface area contributed by atoms with Gasteiger partial charge in [0.05, 0.1) is 0 Å². The van der Waals surface area contributed by atoms with Crippen LogP contribution in [0.2, 0.25) is 0 Å². The Kier molecular flexibility index (Phi) is 1.68. The van der Waals surface area contributed by atoms with Crippen LogP contribution in [-0.4, -0.2) is 5.10 Å². The molecule has 0 unspecified atom stereocenters. The molecule has 1 aliphatic carbocycles. The Morgan fingerprint density at radius 3 is 2.44 bits per heavy atom. The van der Waals surface area contributed by atoms with Crippen LogP contribution in [0.4, 0.5) is 5.95 Å².